The van der Waals surface area contributed by atoms with Crippen LogP contribution in [0.5, 0.6) is 5.75 Å². The number of benzene rings is 1. The highest BCUT2D eigenvalue weighted by Gasteiger charge is 2.33. The maximum atomic E-state index is 12.6. The molecule has 7 heteroatoms. The maximum absolute atomic E-state index is 12.6. The molecule has 2 aliphatic rings. The Morgan fingerprint density at radius 2 is 1.85 bits per heavy atom. The van der Waals surface area contributed by atoms with E-state index in [1.165, 1.54) is 0 Å². The summed E-state index contributed by atoms with van der Waals surface area (Å²) in [4.78, 5) is 28.7. The van der Waals surface area contributed by atoms with E-state index in [1.54, 1.807) is 0 Å². The van der Waals surface area contributed by atoms with Gasteiger partial charge in [0.25, 0.3) is 0 Å². The maximum Gasteiger partial charge on any atom is 0.227 e. The molecule has 2 saturated heterocycles. The molecule has 3 rings (SSSR count). The number of ether oxygens (including phenoxy) is 1. The van der Waals surface area contributed by atoms with Crippen molar-refractivity contribution in [3.05, 3.63) is 30.3 Å². The Morgan fingerprint density at radius 1 is 1.08 bits per heavy atom. The molecule has 1 aromatic rings. The zero-order valence-corrected chi connectivity index (χ0v) is 15.8. The van der Waals surface area contributed by atoms with Gasteiger partial charge in [-0.25, -0.2) is 0 Å². The van der Waals surface area contributed by atoms with Crippen LogP contribution in [0.3, 0.4) is 0 Å². The quantitative estimate of drug-likeness (QED) is 0.841. The van der Waals surface area contributed by atoms with Crippen LogP contribution in [0.2, 0.25) is 0 Å². The van der Waals surface area contributed by atoms with Gasteiger partial charge in [-0.05, 0) is 31.4 Å². The van der Waals surface area contributed by atoms with Crippen LogP contribution >= 0.6 is 12.4 Å². The minimum Gasteiger partial charge on any atom is -0.493 e. The smallest absolute Gasteiger partial charge is 0.227 e. The third kappa shape index (κ3) is 5.35. The zero-order chi connectivity index (χ0) is 17.6. The van der Waals surface area contributed by atoms with E-state index < -0.39 is 0 Å². The molecule has 0 saturated carbocycles. The average Bonchev–Trinajstić information content (AvgIpc) is 3.08. The van der Waals surface area contributed by atoms with Crippen molar-refractivity contribution < 1.29 is 14.3 Å². The molecular formula is C19H28ClN3O3. The largest absolute Gasteiger partial charge is 0.493 e. The molecule has 144 valence electrons. The van der Waals surface area contributed by atoms with Gasteiger partial charge in [0.05, 0.1) is 18.9 Å². The molecule has 0 bridgehead atoms. The van der Waals surface area contributed by atoms with E-state index in [2.05, 4.69) is 0 Å². The molecule has 2 amide bonds. The summed E-state index contributed by atoms with van der Waals surface area (Å²) in [7, 11) is 0. The molecule has 2 fully saturated rings. The van der Waals surface area contributed by atoms with Gasteiger partial charge in [0.2, 0.25) is 11.8 Å². The van der Waals surface area contributed by atoms with Gasteiger partial charge >= 0.3 is 0 Å². The van der Waals surface area contributed by atoms with E-state index in [-0.39, 0.29) is 36.2 Å². The van der Waals surface area contributed by atoms with Crippen molar-refractivity contribution in [1.82, 2.24) is 9.80 Å². The number of likely N-dealkylation sites (tertiary alicyclic amines) is 2. The second-order valence-electron chi connectivity index (χ2n) is 6.92. The molecule has 1 aromatic carbocycles. The van der Waals surface area contributed by atoms with Gasteiger partial charge in [-0.15, -0.1) is 12.4 Å². The molecular weight excluding hydrogens is 354 g/mol. The van der Waals surface area contributed by atoms with Gasteiger partial charge in [-0.3, -0.25) is 9.59 Å². The number of amides is 2. The highest BCUT2D eigenvalue weighted by molar-refractivity contribution is 5.85. The summed E-state index contributed by atoms with van der Waals surface area (Å²) in [6.45, 7) is 3.00. The number of carbonyl (C=O) groups is 2. The van der Waals surface area contributed by atoms with Crippen LogP contribution in [0.4, 0.5) is 0 Å². The van der Waals surface area contributed by atoms with Crippen LogP contribution < -0.4 is 10.5 Å². The fourth-order valence-corrected chi connectivity index (χ4v) is 3.58. The normalized spacial score (nSPS) is 22.7. The minimum atomic E-state index is -0.0851. The number of nitrogens with zero attached hydrogens (tertiary/aromatic N) is 2. The number of rotatable bonds is 5. The van der Waals surface area contributed by atoms with Crippen molar-refractivity contribution in [1.29, 1.82) is 0 Å². The first-order valence-electron chi connectivity index (χ1n) is 9.13. The van der Waals surface area contributed by atoms with Crippen molar-refractivity contribution in [3.8, 4) is 5.75 Å². The first kappa shape index (κ1) is 20.5. The van der Waals surface area contributed by atoms with E-state index in [9.17, 15) is 9.59 Å². The summed E-state index contributed by atoms with van der Waals surface area (Å²) in [5.41, 5.74) is 5.90. The molecule has 0 aliphatic carbocycles. The molecule has 6 nitrogen and oxygen atoms in total. The monoisotopic (exact) mass is 381 g/mol. The summed E-state index contributed by atoms with van der Waals surface area (Å²) in [6.07, 6.45) is 2.94. The standard InChI is InChI=1S/C19H27N3O3.ClH/c20-16-8-11-22(14-16)19(24)15-5-4-10-21(13-15)18(23)9-12-25-17-6-2-1-3-7-17;/h1-3,6-7,15-16H,4-5,8-14,20H2;1H/t15?,16-;/m1./s1. The second-order valence-corrected chi connectivity index (χ2v) is 6.92. The van der Waals surface area contributed by atoms with Crippen LogP contribution in [0.1, 0.15) is 25.7 Å². The number of hydrogen-bond acceptors (Lipinski definition) is 4. The second kappa shape index (κ2) is 9.78. The molecule has 0 aromatic heterocycles. The van der Waals surface area contributed by atoms with Crippen LogP contribution in [0.15, 0.2) is 30.3 Å². The average molecular weight is 382 g/mol. The SMILES string of the molecule is Cl.N[C@@H]1CCN(C(=O)C2CCCN(C(=O)CCOc3ccccc3)C2)C1. The lowest BCUT2D eigenvalue weighted by Crippen LogP contribution is -2.46. The van der Waals surface area contributed by atoms with E-state index in [0.717, 1.165) is 38.1 Å². The Balaban J connectivity index is 0.00000243. The van der Waals surface area contributed by atoms with E-state index in [0.29, 0.717) is 26.1 Å². The molecule has 1 unspecified atom stereocenters. The van der Waals surface area contributed by atoms with Crippen molar-refractivity contribution >= 4 is 24.2 Å². The van der Waals surface area contributed by atoms with Crippen molar-refractivity contribution in [2.75, 3.05) is 32.8 Å². The van der Waals surface area contributed by atoms with Crippen molar-refractivity contribution in [2.24, 2.45) is 11.7 Å². The van der Waals surface area contributed by atoms with E-state index in [1.807, 2.05) is 40.1 Å². The molecule has 2 atom stereocenters. The van der Waals surface area contributed by atoms with Gasteiger partial charge in [-0.2, -0.15) is 0 Å². The van der Waals surface area contributed by atoms with Crippen LogP contribution in [-0.4, -0.2) is 60.4 Å². The Labute approximate surface area is 161 Å². The lowest BCUT2D eigenvalue weighted by atomic mass is 9.96. The Hall–Kier alpha value is -1.79. The molecule has 2 heterocycles. The van der Waals surface area contributed by atoms with Gasteiger partial charge < -0.3 is 20.3 Å². The fraction of sp³-hybridized carbons (Fsp3) is 0.579. The summed E-state index contributed by atoms with van der Waals surface area (Å²) in [5.74, 6) is 0.906. The molecule has 26 heavy (non-hydrogen) atoms. The van der Waals surface area contributed by atoms with E-state index in [4.69, 9.17) is 10.5 Å². The predicted molar refractivity (Wildman–Crippen MR) is 102 cm³/mol. The number of hydrogen-bond donors (Lipinski definition) is 1. The predicted octanol–water partition coefficient (Wildman–Crippen LogP) is 1.68. The third-order valence-corrected chi connectivity index (χ3v) is 4.99. The fourth-order valence-electron chi connectivity index (χ4n) is 3.58. The Kier molecular flexibility index (Phi) is 7.72. The number of para-hydroxylation sites is 1. The molecule has 0 radical (unpaired) electrons. The Bertz CT molecular complexity index is 599. The van der Waals surface area contributed by atoms with Gasteiger partial charge in [0, 0.05) is 32.2 Å². The third-order valence-electron chi connectivity index (χ3n) is 4.99. The van der Waals surface area contributed by atoms with Crippen LogP contribution in [-0.2, 0) is 9.59 Å². The zero-order valence-electron chi connectivity index (χ0n) is 15.0. The van der Waals surface area contributed by atoms with Crippen LogP contribution in [0, 0.1) is 5.92 Å². The topological polar surface area (TPSA) is 75.9 Å². The highest BCUT2D eigenvalue weighted by atomic mass is 35.5. The minimum absolute atomic E-state index is 0. The first-order chi connectivity index (χ1) is 12.1. The Morgan fingerprint density at radius 3 is 2.54 bits per heavy atom. The van der Waals surface area contributed by atoms with Crippen molar-refractivity contribution in [2.45, 2.75) is 31.7 Å². The molecule has 2 aliphatic heterocycles. The van der Waals surface area contributed by atoms with Gasteiger partial charge in [0.1, 0.15) is 5.75 Å². The summed E-state index contributed by atoms with van der Waals surface area (Å²) in [5, 5.41) is 0. The number of halogens is 1. The lowest BCUT2D eigenvalue weighted by Gasteiger charge is -2.34. The van der Waals surface area contributed by atoms with Crippen molar-refractivity contribution in [3.63, 3.8) is 0 Å². The number of carbonyl (C=O) groups excluding carboxylic acids is 2. The highest BCUT2D eigenvalue weighted by Crippen LogP contribution is 2.21. The van der Waals surface area contributed by atoms with Gasteiger partial charge in [0.15, 0.2) is 0 Å². The number of nitrogens with two attached hydrogens (primary N) is 1. The number of piperidine rings is 1. The molecule has 0 spiro atoms. The van der Waals surface area contributed by atoms with E-state index >= 15 is 0 Å². The molecule has 2 N–H and O–H groups in total. The summed E-state index contributed by atoms with van der Waals surface area (Å²) < 4.78 is 5.60. The van der Waals surface area contributed by atoms with Crippen LogP contribution in [0.25, 0.3) is 0 Å². The summed E-state index contributed by atoms with van der Waals surface area (Å²) >= 11 is 0. The first-order valence-corrected chi connectivity index (χ1v) is 9.13. The summed E-state index contributed by atoms with van der Waals surface area (Å²) in [6, 6.07) is 9.59. The lowest BCUT2D eigenvalue weighted by molar-refractivity contribution is -0.140. The van der Waals surface area contributed by atoms with Gasteiger partial charge in [-0.1, -0.05) is 18.2 Å².